The minimum atomic E-state index is -0.972. The van der Waals surface area contributed by atoms with E-state index < -0.39 is 5.97 Å². The number of nitrogens with zero attached hydrogens (tertiary/aromatic N) is 2. The fourth-order valence-corrected chi connectivity index (χ4v) is 2.23. The predicted molar refractivity (Wildman–Crippen MR) is 67.0 cm³/mol. The normalized spacial score (nSPS) is 17.3. The largest absolute Gasteiger partial charge is 0.477 e. The van der Waals surface area contributed by atoms with Crippen LogP contribution >= 0.6 is 11.6 Å². The fourth-order valence-electron chi connectivity index (χ4n) is 2.10. The Morgan fingerprint density at radius 1 is 1.44 bits per heavy atom. The van der Waals surface area contributed by atoms with Gasteiger partial charge in [0.05, 0.1) is 18.8 Å². The number of aromatic nitrogens is 2. The van der Waals surface area contributed by atoms with Crippen molar-refractivity contribution >= 4 is 23.4 Å². The van der Waals surface area contributed by atoms with Gasteiger partial charge in [-0.1, -0.05) is 23.7 Å². The van der Waals surface area contributed by atoms with Crippen LogP contribution in [0.1, 0.15) is 22.0 Å². The summed E-state index contributed by atoms with van der Waals surface area (Å²) in [6.45, 7) is 0.615. The van der Waals surface area contributed by atoms with Crippen molar-refractivity contribution in [2.45, 2.75) is 12.6 Å². The van der Waals surface area contributed by atoms with Gasteiger partial charge in [-0.05, 0) is 17.7 Å². The Kier molecular flexibility index (Phi) is 2.48. The molecule has 1 aromatic heterocycles. The van der Waals surface area contributed by atoms with Gasteiger partial charge in [0.1, 0.15) is 11.4 Å². The van der Waals surface area contributed by atoms with Gasteiger partial charge < -0.3 is 10.4 Å². The number of benzene rings is 1. The van der Waals surface area contributed by atoms with Gasteiger partial charge in [0.25, 0.3) is 0 Å². The maximum Gasteiger partial charge on any atom is 0.341 e. The van der Waals surface area contributed by atoms with Gasteiger partial charge in [0, 0.05) is 5.02 Å². The number of hydrogen-bond donors (Lipinski definition) is 2. The topological polar surface area (TPSA) is 67.1 Å². The molecule has 5 nitrogen and oxygen atoms in total. The summed E-state index contributed by atoms with van der Waals surface area (Å²) in [4.78, 5) is 11.0. The van der Waals surface area contributed by atoms with Crippen LogP contribution in [0.3, 0.4) is 0 Å². The predicted octanol–water partition coefficient (Wildman–Crippen LogP) is 2.40. The third kappa shape index (κ3) is 1.73. The molecule has 1 aliphatic rings. The van der Waals surface area contributed by atoms with Gasteiger partial charge in [0.2, 0.25) is 0 Å². The Morgan fingerprint density at radius 3 is 2.83 bits per heavy atom. The SMILES string of the molecule is O=C(O)c1cnn2c1N[C@@H](c1ccc(Cl)cc1)C2. The van der Waals surface area contributed by atoms with Crippen molar-refractivity contribution in [1.82, 2.24) is 9.78 Å². The first kappa shape index (κ1) is 11.1. The van der Waals surface area contributed by atoms with Crippen molar-refractivity contribution in [3.63, 3.8) is 0 Å². The molecule has 0 radical (unpaired) electrons. The number of anilines is 1. The highest BCUT2D eigenvalue weighted by Gasteiger charge is 2.27. The van der Waals surface area contributed by atoms with Crippen LogP contribution in [0.5, 0.6) is 0 Å². The quantitative estimate of drug-likeness (QED) is 0.873. The molecule has 2 aromatic rings. The molecule has 2 N–H and O–H groups in total. The molecular weight excluding hydrogens is 254 g/mol. The van der Waals surface area contributed by atoms with E-state index in [-0.39, 0.29) is 11.6 Å². The zero-order chi connectivity index (χ0) is 12.7. The zero-order valence-electron chi connectivity index (χ0n) is 9.30. The van der Waals surface area contributed by atoms with E-state index in [4.69, 9.17) is 16.7 Å². The molecule has 3 rings (SSSR count). The summed E-state index contributed by atoms with van der Waals surface area (Å²) in [5, 5.41) is 16.9. The summed E-state index contributed by atoms with van der Waals surface area (Å²) >= 11 is 5.84. The van der Waals surface area contributed by atoms with Crippen molar-refractivity contribution in [1.29, 1.82) is 0 Å². The number of hydrogen-bond acceptors (Lipinski definition) is 3. The molecule has 2 heterocycles. The van der Waals surface area contributed by atoms with Crippen LogP contribution in [0, 0.1) is 0 Å². The first-order chi connectivity index (χ1) is 8.65. The molecule has 0 fully saturated rings. The molecule has 0 unspecified atom stereocenters. The smallest absolute Gasteiger partial charge is 0.341 e. The standard InChI is InChI=1S/C12H10ClN3O2/c13-8-3-1-7(2-4-8)10-6-16-11(15-10)9(5-14-16)12(17)18/h1-5,10,15H,6H2,(H,17,18)/t10-/m1/s1. The molecule has 1 aliphatic heterocycles. The Hall–Kier alpha value is -2.01. The molecular formula is C12H10ClN3O2. The first-order valence-corrected chi connectivity index (χ1v) is 5.84. The molecule has 1 aromatic carbocycles. The second kappa shape index (κ2) is 4.03. The lowest BCUT2D eigenvalue weighted by atomic mass is 10.1. The third-order valence-corrected chi connectivity index (χ3v) is 3.26. The van der Waals surface area contributed by atoms with Crippen LogP contribution in [-0.2, 0) is 6.54 Å². The Balaban J connectivity index is 1.89. The van der Waals surface area contributed by atoms with Crippen LogP contribution in [0.25, 0.3) is 0 Å². The number of carbonyl (C=O) groups is 1. The van der Waals surface area contributed by atoms with Crippen LogP contribution in [0.2, 0.25) is 5.02 Å². The summed E-state index contributed by atoms with van der Waals surface area (Å²) in [5.41, 5.74) is 1.26. The molecule has 0 amide bonds. The maximum absolute atomic E-state index is 11.0. The van der Waals surface area contributed by atoms with Crippen molar-refractivity contribution < 1.29 is 9.90 Å². The van der Waals surface area contributed by atoms with Crippen molar-refractivity contribution in [3.05, 3.63) is 46.6 Å². The molecule has 92 valence electrons. The Bertz CT molecular complexity index is 606. The molecule has 0 bridgehead atoms. The van der Waals surface area contributed by atoms with E-state index in [0.717, 1.165) is 5.56 Å². The highest BCUT2D eigenvalue weighted by Crippen LogP contribution is 2.31. The lowest BCUT2D eigenvalue weighted by Crippen LogP contribution is -2.08. The van der Waals surface area contributed by atoms with E-state index in [1.54, 1.807) is 4.68 Å². The minimum Gasteiger partial charge on any atom is -0.477 e. The third-order valence-electron chi connectivity index (χ3n) is 3.01. The van der Waals surface area contributed by atoms with Crippen molar-refractivity contribution in [3.8, 4) is 0 Å². The summed E-state index contributed by atoms with van der Waals surface area (Å²) in [7, 11) is 0. The van der Waals surface area contributed by atoms with Crippen LogP contribution in [0.15, 0.2) is 30.5 Å². The van der Waals surface area contributed by atoms with Crippen LogP contribution in [-0.4, -0.2) is 20.9 Å². The maximum atomic E-state index is 11.0. The monoisotopic (exact) mass is 263 g/mol. The summed E-state index contributed by atoms with van der Waals surface area (Å²) in [6, 6.07) is 7.51. The van der Waals surface area contributed by atoms with Gasteiger partial charge in [-0.2, -0.15) is 5.10 Å². The molecule has 1 atom stereocenters. The Morgan fingerprint density at radius 2 is 2.17 bits per heavy atom. The highest BCUT2D eigenvalue weighted by molar-refractivity contribution is 6.30. The van der Waals surface area contributed by atoms with E-state index >= 15 is 0 Å². The molecule has 0 saturated carbocycles. The van der Waals surface area contributed by atoms with Gasteiger partial charge in [-0.15, -0.1) is 0 Å². The minimum absolute atomic E-state index is 0.0315. The van der Waals surface area contributed by atoms with Gasteiger partial charge in [0.15, 0.2) is 0 Å². The number of nitrogens with one attached hydrogen (secondary N) is 1. The number of carboxylic acid groups (broad SMARTS) is 1. The fraction of sp³-hybridized carbons (Fsp3) is 0.167. The summed E-state index contributed by atoms with van der Waals surface area (Å²) in [6.07, 6.45) is 1.36. The van der Waals surface area contributed by atoms with Gasteiger partial charge in [-0.3, -0.25) is 0 Å². The lowest BCUT2D eigenvalue weighted by molar-refractivity contribution is 0.0698. The number of aromatic carboxylic acids is 1. The Labute approximate surface area is 108 Å². The second-order valence-electron chi connectivity index (χ2n) is 4.14. The zero-order valence-corrected chi connectivity index (χ0v) is 10.1. The first-order valence-electron chi connectivity index (χ1n) is 5.46. The van der Waals surface area contributed by atoms with E-state index in [1.807, 2.05) is 24.3 Å². The van der Waals surface area contributed by atoms with E-state index in [1.165, 1.54) is 6.20 Å². The average molecular weight is 264 g/mol. The average Bonchev–Trinajstić information content (AvgIpc) is 2.88. The second-order valence-corrected chi connectivity index (χ2v) is 4.58. The number of halogens is 1. The number of rotatable bonds is 2. The molecule has 0 spiro atoms. The van der Waals surface area contributed by atoms with Crippen molar-refractivity contribution in [2.75, 3.05) is 5.32 Å². The van der Waals surface area contributed by atoms with Gasteiger partial charge in [-0.25, -0.2) is 9.48 Å². The number of fused-ring (bicyclic) bond motifs is 1. The summed E-state index contributed by atoms with van der Waals surface area (Å²) < 4.78 is 1.67. The lowest BCUT2D eigenvalue weighted by Gasteiger charge is -2.10. The van der Waals surface area contributed by atoms with E-state index in [9.17, 15) is 4.79 Å². The molecule has 0 aliphatic carbocycles. The van der Waals surface area contributed by atoms with E-state index in [2.05, 4.69) is 10.4 Å². The van der Waals surface area contributed by atoms with Gasteiger partial charge >= 0.3 is 5.97 Å². The van der Waals surface area contributed by atoms with E-state index in [0.29, 0.717) is 17.4 Å². The highest BCUT2D eigenvalue weighted by atomic mass is 35.5. The molecule has 18 heavy (non-hydrogen) atoms. The summed E-state index contributed by atoms with van der Waals surface area (Å²) in [5.74, 6) is -0.414. The van der Waals surface area contributed by atoms with Crippen LogP contribution < -0.4 is 5.32 Å². The molecule has 6 heteroatoms. The van der Waals surface area contributed by atoms with Crippen molar-refractivity contribution in [2.24, 2.45) is 0 Å². The van der Waals surface area contributed by atoms with Crippen LogP contribution in [0.4, 0.5) is 5.82 Å². The number of carboxylic acids is 1. The molecule has 0 saturated heterocycles.